The van der Waals surface area contributed by atoms with Gasteiger partial charge in [-0.15, -0.1) is 0 Å². The summed E-state index contributed by atoms with van der Waals surface area (Å²) >= 11 is 0. The molecule has 0 bridgehead atoms. The fourth-order valence-corrected chi connectivity index (χ4v) is 3.06. The summed E-state index contributed by atoms with van der Waals surface area (Å²) in [6, 6.07) is 11.1. The average Bonchev–Trinajstić information content (AvgIpc) is 2.47. The van der Waals surface area contributed by atoms with E-state index in [1.54, 1.807) is 0 Å². The van der Waals surface area contributed by atoms with Gasteiger partial charge in [-0.3, -0.25) is 0 Å². The third-order valence-corrected chi connectivity index (χ3v) is 4.01. The van der Waals surface area contributed by atoms with Gasteiger partial charge < -0.3 is 9.47 Å². The van der Waals surface area contributed by atoms with Gasteiger partial charge in [-0.05, 0) is 53.5 Å². The van der Waals surface area contributed by atoms with Crippen LogP contribution in [0.3, 0.4) is 0 Å². The van der Waals surface area contributed by atoms with Crippen molar-refractivity contribution in [2.45, 2.75) is 54.4 Å². The van der Waals surface area contributed by atoms with Crippen LogP contribution in [0.15, 0.2) is 30.3 Å². The molecule has 132 valence electrons. The third-order valence-electron chi connectivity index (χ3n) is 4.01. The van der Waals surface area contributed by atoms with Crippen LogP contribution >= 0.6 is 0 Å². The van der Waals surface area contributed by atoms with Gasteiger partial charge in [0.1, 0.15) is 5.75 Å². The molecule has 0 saturated carbocycles. The molecule has 0 radical (unpaired) electrons. The van der Waals surface area contributed by atoms with Crippen molar-refractivity contribution in [3.8, 4) is 5.75 Å². The SMILES string of the molecule is CCOCOc1ccc2cc(CC(C)C)ccc2c1CC(C)(C)C. The van der Waals surface area contributed by atoms with E-state index in [1.807, 2.05) is 6.92 Å². The van der Waals surface area contributed by atoms with E-state index in [0.29, 0.717) is 19.3 Å². The van der Waals surface area contributed by atoms with Crippen molar-refractivity contribution in [3.63, 3.8) is 0 Å². The van der Waals surface area contributed by atoms with Gasteiger partial charge in [-0.2, -0.15) is 0 Å². The van der Waals surface area contributed by atoms with Crippen LogP contribution in [0.4, 0.5) is 0 Å². The number of hydrogen-bond donors (Lipinski definition) is 0. The van der Waals surface area contributed by atoms with Crippen molar-refractivity contribution in [3.05, 3.63) is 41.5 Å². The molecule has 0 aromatic heterocycles. The van der Waals surface area contributed by atoms with Gasteiger partial charge in [-0.25, -0.2) is 0 Å². The van der Waals surface area contributed by atoms with E-state index in [-0.39, 0.29) is 5.41 Å². The Labute approximate surface area is 147 Å². The molecule has 0 atom stereocenters. The lowest BCUT2D eigenvalue weighted by atomic mass is 9.85. The van der Waals surface area contributed by atoms with Crippen LogP contribution in [0, 0.1) is 11.3 Å². The third kappa shape index (κ3) is 5.24. The van der Waals surface area contributed by atoms with Crippen molar-refractivity contribution in [1.29, 1.82) is 0 Å². The van der Waals surface area contributed by atoms with Crippen molar-refractivity contribution in [1.82, 2.24) is 0 Å². The van der Waals surface area contributed by atoms with Crippen molar-refractivity contribution < 1.29 is 9.47 Å². The molecule has 0 heterocycles. The molecule has 2 nitrogen and oxygen atoms in total. The second-order valence-electron chi connectivity index (χ2n) is 8.19. The first-order chi connectivity index (χ1) is 11.3. The summed E-state index contributed by atoms with van der Waals surface area (Å²) < 4.78 is 11.3. The minimum absolute atomic E-state index is 0.203. The highest BCUT2D eigenvalue weighted by Crippen LogP contribution is 2.34. The average molecular weight is 328 g/mol. The number of ether oxygens (including phenoxy) is 2. The molecule has 0 spiro atoms. The van der Waals surface area contributed by atoms with Crippen LogP contribution in [-0.2, 0) is 17.6 Å². The molecule has 0 aliphatic rings. The Hall–Kier alpha value is -1.54. The fraction of sp³-hybridized carbons (Fsp3) is 0.545. The zero-order chi connectivity index (χ0) is 17.7. The van der Waals surface area contributed by atoms with E-state index >= 15 is 0 Å². The Balaban J connectivity index is 2.43. The van der Waals surface area contributed by atoms with E-state index in [9.17, 15) is 0 Å². The molecule has 24 heavy (non-hydrogen) atoms. The molecular weight excluding hydrogens is 296 g/mol. The van der Waals surface area contributed by atoms with Crippen molar-refractivity contribution >= 4 is 10.8 Å². The lowest BCUT2D eigenvalue weighted by Crippen LogP contribution is -2.12. The molecule has 0 aliphatic heterocycles. The van der Waals surface area contributed by atoms with Crippen LogP contribution in [-0.4, -0.2) is 13.4 Å². The van der Waals surface area contributed by atoms with Crippen LogP contribution < -0.4 is 4.74 Å². The lowest BCUT2D eigenvalue weighted by Gasteiger charge is -2.22. The van der Waals surface area contributed by atoms with Gasteiger partial charge in [0.15, 0.2) is 6.79 Å². The number of benzene rings is 2. The highest BCUT2D eigenvalue weighted by atomic mass is 16.7. The molecule has 0 aliphatic carbocycles. The monoisotopic (exact) mass is 328 g/mol. The molecule has 2 heteroatoms. The number of rotatable bonds is 7. The first kappa shape index (κ1) is 18.8. The molecule has 0 amide bonds. The highest BCUT2D eigenvalue weighted by molar-refractivity contribution is 5.88. The number of fused-ring (bicyclic) bond motifs is 1. The van der Waals surface area contributed by atoms with E-state index < -0.39 is 0 Å². The Morgan fingerprint density at radius 3 is 2.42 bits per heavy atom. The summed E-state index contributed by atoms with van der Waals surface area (Å²) in [6.07, 6.45) is 2.10. The smallest absolute Gasteiger partial charge is 0.189 e. The van der Waals surface area contributed by atoms with Gasteiger partial charge in [0.25, 0.3) is 0 Å². The molecule has 0 N–H and O–H groups in total. The maximum Gasteiger partial charge on any atom is 0.189 e. The molecule has 2 rings (SSSR count). The largest absolute Gasteiger partial charge is 0.467 e. The van der Waals surface area contributed by atoms with Crippen molar-refractivity contribution in [2.75, 3.05) is 13.4 Å². The van der Waals surface area contributed by atoms with Crippen molar-refractivity contribution in [2.24, 2.45) is 11.3 Å². The van der Waals surface area contributed by atoms with Crippen LogP contribution in [0.25, 0.3) is 10.8 Å². The summed E-state index contributed by atoms with van der Waals surface area (Å²) in [6.45, 7) is 14.3. The van der Waals surface area contributed by atoms with Gasteiger partial charge in [0.2, 0.25) is 0 Å². The van der Waals surface area contributed by atoms with Crippen LogP contribution in [0.2, 0.25) is 0 Å². The molecule has 0 saturated heterocycles. The lowest BCUT2D eigenvalue weighted by molar-refractivity contribution is 0.0217. The molecule has 0 unspecified atom stereocenters. The van der Waals surface area contributed by atoms with Gasteiger partial charge in [0.05, 0.1) is 0 Å². The Morgan fingerprint density at radius 1 is 1.04 bits per heavy atom. The first-order valence-corrected chi connectivity index (χ1v) is 9.05. The standard InChI is InChI=1S/C22H32O2/c1-7-23-15-24-21-11-9-18-13-17(12-16(2)3)8-10-19(18)20(21)14-22(4,5)6/h8-11,13,16H,7,12,14-15H2,1-6H3. The van der Waals surface area contributed by atoms with Crippen LogP contribution in [0.5, 0.6) is 5.75 Å². The second-order valence-corrected chi connectivity index (χ2v) is 8.19. The minimum atomic E-state index is 0.203. The van der Waals surface area contributed by atoms with Gasteiger partial charge in [0, 0.05) is 12.2 Å². The van der Waals surface area contributed by atoms with E-state index in [1.165, 1.54) is 21.9 Å². The maximum absolute atomic E-state index is 5.90. The van der Waals surface area contributed by atoms with Gasteiger partial charge in [-0.1, -0.05) is 58.9 Å². The zero-order valence-electron chi connectivity index (χ0n) is 16.1. The Bertz CT molecular complexity index is 665. The normalized spacial score (nSPS) is 12.1. The quantitative estimate of drug-likeness (QED) is 0.458. The van der Waals surface area contributed by atoms with E-state index in [4.69, 9.17) is 9.47 Å². The summed E-state index contributed by atoms with van der Waals surface area (Å²) in [5.74, 6) is 1.62. The predicted octanol–water partition coefficient (Wildman–Crippen LogP) is 6.00. The fourth-order valence-electron chi connectivity index (χ4n) is 3.06. The Morgan fingerprint density at radius 2 is 1.79 bits per heavy atom. The second kappa shape index (κ2) is 8.02. The molecule has 0 fully saturated rings. The zero-order valence-corrected chi connectivity index (χ0v) is 16.1. The maximum atomic E-state index is 5.90. The van der Waals surface area contributed by atoms with E-state index in [0.717, 1.165) is 18.6 Å². The summed E-state index contributed by atoms with van der Waals surface area (Å²) in [5, 5.41) is 2.60. The number of hydrogen-bond acceptors (Lipinski definition) is 2. The molecule has 2 aromatic rings. The summed E-state index contributed by atoms with van der Waals surface area (Å²) in [5.41, 5.74) is 2.90. The van der Waals surface area contributed by atoms with Crippen LogP contribution in [0.1, 0.15) is 52.7 Å². The predicted molar refractivity (Wildman–Crippen MR) is 103 cm³/mol. The summed E-state index contributed by atoms with van der Waals surface area (Å²) in [7, 11) is 0. The Kier molecular flexibility index (Phi) is 6.28. The van der Waals surface area contributed by atoms with Gasteiger partial charge >= 0.3 is 0 Å². The topological polar surface area (TPSA) is 18.5 Å². The molecule has 2 aromatic carbocycles. The summed E-state index contributed by atoms with van der Waals surface area (Å²) in [4.78, 5) is 0. The highest BCUT2D eigenvalue weighted by Gasteiger charge is 2.18. The molecular formula is C22H32O2. The first-order valence-electron chi connectivity index (χ1n) is 9.05. The van der Waals surface area contributed by atoms with E-state index in [2.05, 4.69) is 65.0 Å². The minimum Gasteiger partial charge on any atom is -0.467 e.